The van der Waals surface area contributed by atoms with E-state index in [1.165, 1.54) is 0 Å². The van der Waals surface area contributed by atoms with Crippen LogP contribution in [-0.2, 0) is 4.74 Å². The van der Waals surface area contributed by atoms with E-state index in [0.717, 1.165) is 13.0 Å². The van der Waals surface area contributed by atoms with Gasteiger partial charge < -0.3 is 14.7 Å². The van der Waals surface area contributed by atoms with Gasteiger partial charge in [-0.25, -0.2) is 0 Å². The first-order valence-electron chi connectivity index (χ1n) is 5.38. The third-order valence-electron chi connectivity index (χ3n) is 3.09. The molecule has 1 saturated heterocycles. The highest BCUT2D eigenvalue weighted by molar-refractivity contribution is 4.80. The predicted octanol–water partition coefficient (Wildman–Crippen LogP) is 1.11. The van der Waals surface area contributed by atoms with Crippen molar-refractivity contribution in [1.29, 1.82) is 0 Å². The van der Waals surface area contributed by atoms with Crippen LogP contribution in [0.5, 0.6) is 0 Å². The molecule has 1 aliphatic heterocycles. The molecular weight excluding hydrogens is 178 g/mol. The van der Waals surface area contributed by atoms with Crippen molar-refractivity contribution >= 4 is 0 Å². The second kappa shape index (κ2) is 4.60. The van der Waals surface area contributed by atoms with E-state index in [2.05, 4.69) is 32.7 Å². The molecule has 3 heteroatoms. The average molecular weight is 201 g/mol. The Morgan fingerprint density at radius 2 is 2.07 bits per heavy atom. The van der Waals surface area contributed by atoms with Crippen LogP contribution in [0, 0.1) is 5.92 Å². The fourth-order valence-corrected chi connectivity index (χ4v) is 1.59. The summed E-state index contributed by atoms with van der Waals surface area (Å²) in [6.07, 6.45) is 0.594. The highest BCUT2D eigenvalue weighted by Crippen LogP contribution is 2.19. The zero-order chi connectivity index (χ0) is 10.8. The zero-order valence-corrected chi connectivity index (χ0v) is 9.79. The lowest BCUT2D eigenvalue weighted by molar-refractivity contribution is -0.0515. The van der Waals surface area contributed by atoms with Crippen molar-refractivity contribution in [2.75, 3.05) is 26.8 Å². The third-order valence-corrected chi connectivity index (χ3v) is 3.09. The minimum atomic E-state index is -0.187. The van der Waals surface area contributed by atoms with Crippen LogP contribution in [0.4, 0.5) is 0 Å². The number of hydrogen-bond acceptors (Lipinski definition) is 3. The van der Waals surface area contributed by atoms with Crippen LogP contribution < -0.4 is 0 Å². The molecule has 0 spiro atoms. The van der Waals surface area contributed by atoms with Crippen molar-refractivity contribution in [3.8, 4) is 0 Å². The Hall–Kier alpha value is -0.120. The summed E-state index contributed by atoms with van der Waals surface area (Å²) in [6, 6.07) is 0. The van der Waals surface area contributed by atoms with Crippen molar-refractivity contribution in [1.82, 2.24) is 4.90 Å². The fourth-order valence-electron chi connectivity index (χ4n) is 1.59. The van der Waals surface area contributed by atoms with Gasteiger partial charge in [-0.2, -0.15) is 0 Å². The molecule has 2 atom stereocenters. The second-order valence-corrected chi connectivity index (χ2v) is 5.24. The predicted molar refractivity (Wildman–Crippen MR) is 57.3 cm³/mol. The molecule has 1 heterocycles. The Morgan fingerprint density at radius 1 is 1.43 bits per heavy atom. The summed E-state index contributed by atoms with van der Waals surface area (Å²) >= 11 is 0. The van der Waals surface area contributed by atoms with Gasteiger partial charge in [-0.05, 0) is 34.2 Å². The van der Waals surface area contributed by atoms with E-state index in [-0.39, 0.29) is 17.6 Å². The monoisotopic (exact) mass is 201 g/mol. The van der Waals surface area contributed by atoms with E-state index >= 15 is 0 Å². The molecule has 0 aromatic carbocycles. The molecule has 0 saturated carbocycles. The first-order valence-corrected chi connectivity index (χ1v) is 5.38. The van der Waals surface area contributed by atoms with Crippen molar-refractivity contribution in [2.24, 2.45) is 5.92 Å². The Bertz CT molecular complexity index is 177. The Balaban J connectivity index is 2.42. The smallest absolute Gasteiger partial charge is 0.0624 e. The van der Waals surface area contributed by atoms with E-state index < -0.39 is 0 Å². The lowest BCUT2D eigenvalue weighted by Gasteiger charge is -2.37. The number of rotatable bonds is 2. The summed E-state index contributed by atoms with van der Waals surface area (Å²) in [4.78, 5) is 2.27. The molecule has 1 rings (SSSR count). The first-order chi connectivity index (χ1) is 6.41. The summed E-state index contributed by atoms with van der Waals surface area (Å²) < 4.78 is 5.38. The van der Waals surface area contributed by atoms with Gasteiger partial charge in [0.1, 0.15) is 0 Å². The highest BCUT2D eigenvalue weighted by Gasteiger charge is 2.27. The summed E-state index contributed by atoms with van der Waals surface area (Å²) in [6.45, 7) is 8.86. The standard InChI is InChI=1S/C11H23NO2/c1-11(2,3)12(4)7-9-8-14-6-5-10(9)13/h9-10,13H,5-8H2,1-4H3. The van der Waals surface area contributed by atoms with Gasteiger partial charge in [0.15, 0.2) is 0 Å². The summed E-state index contributed by atoms with van der Waals surface area (Å²) in [5, 5.41) is 9.78. The molecule has 1 aliphatic rings. The van der Waals surface area contributed by atoms with Gasteiger partial charge in [0.2, 0.25) is 0 Å². The molecule has 0 aromatic rings. The largest absolute Gasteiger partial charge is 0.393 e. The van der Waals surface area contributed by atoms with Crippen LogP contribution in [0.15, 0.2) is 0 Å². The molecule has 3 nitrogen and oxygen atoms in total. The van der Waals surface area contributed by atoms with Crippen molar-refractivity contribution < 1.29 is 9.84 Å². The molecule has 0 bridgehead atoms. The molecule has 0 radical (unpaired) electrons. The number of ether oxygens (including phenoxy) is 1. The van der Waals surface area contributed by atoms with Crippen LogP contribution in [-0.4, -0.2) is 48.5 Å². The van der Waals surface area contributed by atoms with E-state index in [1.54, 1.807) is 0 Å². The maximum Gasteiger partial charge on any atom is 0.0624 e. The second-order valence-electron chi connectivity index (χ2n) is 5.24. The first kappa shape index (κ1) is 12.0. The zero-order valence-electron chi connectivity index (χ0n) is 9.79. The Morgan fingerprint density at radius 3 is 2.57 bits per heavy atom. The molecule has 14 heavy (non-hydrogen) atoms. The van der Waals surface area contributed by atoms with E-state index in [4.69, 9.17) is 4.74 Å². The quantitative estimate of drug-likeness (QED) is 0.726. The number of hydrogen-bond donors (Lipinski definition) is 1. The molecule has 0 aliphatic carbocycles. The molecule has 0 amide bonds. The van der Waals surface area contributed by atoms with Crippen LogP contribution in [0.25, 0.3) is 0 Å². The van der Waals surface area contributed by atoms with Gasteiger partial charge in [-0.1, -0.05) is 0 Å². The maximum absolute atomic E-state index is 9.78. The molecule has 1 fully saturated rings. The van der Waals surface area contributed by atoms with E-state index in [9.17, 15) is 5.11 Å². The molecular formula is C11H23NO2. The van der Waals surface area contributed by atoms with Crippen LogP contribution in [0.3, 0.4) is 0 Å². The van der Waals surface area contributed by atoms with Gasteiger partial charge in [0.05, 0.1) is 12.7 Å². The summed E-state index contributed by atoms with van der Waals surface area (Å²) in [5.74, 6) is 0.271. The minimum absolute atomic E-state index is 0.164. The molecule has 2 unspecified atom stereocenters. The SMILES string of the molecule is CN(CC1COCCC1O)C(C)(C)C. The van der Waals surface area contributed by atoms with Crippen molar-refractivity contribution in [3.05, 3.63) is 0 Å². The highest BCUT2D eigenvalue weighted by atomic mass is 16.5. The van der Waals surface area contributed by atoms with Crippen LogP contribution >= 0.6 is 0 Å². The topological polar surface area (TPSA) is 32.7 Å². The normalized spacial score (nSPS) is 29.6. The molecule has 1 N–H and O–H groups in total. The molecule has 84 valence electrons. The van der Waals surface area contributed by atoms with Gasteiger partial charge in [0, 0.05) is 24.6 Å². The molecule has 0 aromatic heterocycles. The third kappa shape index (κ3) is 3.23. The lowest BCUT2D eigenvalue weighted by Crippen LogP contribution is -2.46. The maximum atomic E-state index is 9.78. The van der Waals surface area contributed by atoms with Gasteiger partial charge in [-0.3, -0.25) is 0 Å². The van der Waals surface area contributed by atoms with Crippen LogP contribution in [0.2, 0.25) is 0 Å². The Labute approximate surface area is 87.1 Å². The number of aliphatic hydroxyl groups excluding tert-OH is 1. The van der Waals surface area contributed by atoms with Crippen molar-refractivity contribution in [2.45, 2.75) is 38.8 Å². The van der Waals surface area contributed by atoms with Gasteiger partial charge in [-0.15, -0.1) is 0 Å². The summed E-state index contributed by atoms with van der Waals surface area (Å²) in [7, 11) is 2.10. The lowest BCUT2D eigenvalue weighted by atomic mass is 9.96. The Kier molecular flexibility index (Phi) is 3.93. The van der Waals surface area contributed by atoms with Gasteiger partial charge in [0.25, 0.3) is 0 Å². The average Bonchev–Trinajstić information content (AvgIpc) is 2.07. The minimum Gasteiger partial charge on any atom is -0.393 e. The number of nitrogens with zero attached hydrogens (tertiary/aromatic N) is 1. The number of aliphatic hydroxyl groups is 1. The van der Waals surface area contributed by atoms with Gasteiger partial charge >= 0.3 is 0 Å². The van der Waals surface area contributed by atoms with E-state index in [0.29, 0.717) is 13.2 Å². The fraction of sp³-hybridized carbons (Fsp3) is 1.00. The summed E-state index contributed by atoms with van der Waals surface area (Å²) in [5.41, 5.74) is 0.164. The van der Waals surface area contributed by atoms with Crippen molar-refractivity contribution in [3.63, 3.8) is 0 Å². The van der Waals surface area contributed by atoms with E-state index in [1.807, 2.05) is 0 Å². The van der Waals surface area contributed by atoms with Crippen LogP contribution in [0.1, 0.15) is 27.2 Å².